The first-order valence-corrected chi connectivity index (χ1v) is 13.9. The minimum absolute atomic E-state index is 0.378. The zero-order chi connectivity index (χ0) is 36.4. The normalized spacial score (nSPS) is 12.9. The monoisotopic (exact) mass is 710 g/mol. The Morgan fingerprint density at radius 3 is 1.14 bits per heavy atom. The van der Waals surface area contributed by atoms with Crippen LogP contribution in [0, 0.1) is 0 Å². The summed E-state index contributed by atoms with van der Waals surface area (Å²) in [4.78, 5) is 29.1. The van der Waals surface area contributed by atoms with Crippen molar-refractivity contribution in [3.63, 3.8) is 0 Å². The molecule has 0 amide bonds. The molecule has 5 nitrogen and oxygen atoms in total. The smallest absolute Gasteiger partial charge is 0.289 e. The summed E-state index contributed by atoms with van der Waals surface area (Å²) < 4.78 is 174. The number of pyridine rings is 4. The zero-order valence-electron chi connectivity index (χ0n) is 24.3. The van der Waals surface area contributed by atoms with Gasteiger partial charge in [0, 0.05) is 45.4 Å². The second-order valence-corrected chi connectivity index (χ2v) is 10.6. The van der Waals surface area contributed by atoms with Gasteiger partial charge in [0.05, 0.1) is 33.5 Å². The molecular weight excluding hydrogens is 696 g/mol. The van der Waals surface area contributed by atoms with Crippen LogP contribution in [0.5, 0.6) is 0 Å². The predicted molar refractivity (Wildman–Crippen MR) is 153 cm³/mol. The summed E-state index contributed by atoms with van der Waals surface area (Å²) in [6.45, 7) is 0. The van der Waals surface area contributed by atoms with Gasteiger partial charge in [0.25, 0.3) is 0 Å². The van der Waals surface area contributed by atoms with Gasteiger partial charge in [-0.3, -0.25) is 14.8 Å². The van der Waals surface area contributed by atoms with E-state index in [0.717, 1.165) is 60.9 Å². The van der Waals surface area contributed by atoms with E-state index in [2.05, 4.69) is 19.9 Å². The third-order valence-electron chi connectivity index (χ3n) is 7.48. The van der Waals surface area contributed by atoms with Crippen molar-refractivity contribution in [3.05, 3.63) is 119 Å². The van der Waals surface area contributed by atoms with Crippen LogP contribution in [0.2, 0.25) is 0 Å². The predicted octanol–water partition coefficient (Wildman–Crippen LogP) is 10.2. The van der Waals surface area contributed by atoms with Gasteiger partial charge in [0.2, 0.25) is 0 Å². The van der Waals surface area contributed by atoms with Crippen molar-refractivity contribution < 1.29 is 57.5 Å². The molecule has 0 unspecified atom stereocenters. The van der Waals surface area contributed by atoms with Crippen LogP contribution in [-0.2, 0) is 24.7 Å². The van der Waals surface area contributed by atoms with E-state index in [0.29, 0.717) is 12.1 Å². The average molecular weight is 710 g/mol. The molecule has 50 heavy (non-hydrogen) atoms. The summed E-state index contributed by atoms with van der Waals surface area (Å²) >= 11 is 0. The number of benzene rings is 2. The van der Waals surface area contributed by atoms with E-state index in [1.54, 1.807) is 0 Å². The van der Waals surface area contributed by atoms with Crippen LogP contribution < -0.4 is 0 Å². The highest BCUT2D eigenvalue weighted by Crippen LogP contribution is 2.47. The van der Waals surface area contributed by atoms with Gasteiger partial charge in [-0.1, -0.05) is 36.4 Å². The number of carbonyl (C=O) groups is 1. The molecule has 2 aromatic carbocycles. The topological polar surface area (TPSA) is 68.6 Å². The van der Waals surface area contributed by atoms with E-state index in [4.69, 9.17) is 0 Å². The number of halogens is 12. The Morgan fingerprint density at radius 2 is 0.840 bits per heavy atom. The SMILES string of the molecule is O=C(c1c(-c2ccccn2)c(C(F)(F)F)nc2c(C(F)(F)F)cccc12)c1c(-c2ccccn2)c(C(F)(F)F)nc2c(C(F)(F)F)cccc12. The summed E-state index contributed by atoms with van der Waals surface area (Å²) in [5.74, 6) is -1.82. The van der Waals surface area contributed by atoms with Crippen LogP contribution in [0.25, 0.3) is 44.3 Å². The van der Waals surface area contributed by atoms with Crippen molar-refractivity contribution >= 4 is 27.6 Å². The number of carbonyl (C=O) groups excluding carboxylic acids is 1. The van der Waals surface area contributed by atoms with Crippen LogP contribution in [0.4, 0.5) is 52.7 Å². The van der Waals surface area contributed by atoms with Crippen molar-refractivity contribution in [1.29, 1.82) is 0 Å². The van der Waals surface area contributed by atoms with E-state index < -0.39 is 108 Å². The molecule has 6 aromatic rings. The number of hydrogen-bond acceptors (Lipinski definition) is 5. The number of rotatable bonds is 4. The summed E-state index contributed by atoms with van der Waals surface area (Å²) in [6, 6.07) is 10.5. The van der Waals surface area contributed by atoms with Crippen molar-refractivity contribution in [2.24, 2.45) is 0 Å². The molecule has 0 bridgehead atoms. The molecule has 0 aliphatic heterocycles. The molecule has 4 heterocycles. The number of para-hydroxylation sites is 2. The molecule has 0 radical (unpaired) electrons. The van der Waals surface area contributed by atoms with E-state index in [1.807, 2.05) is 0 Å². The van der Waals surface area contributed by atoms with E-state index in [9.17, 15) is 57.5 Å². The van der Waals surface area contributed by atoms with Crippen LogP contribution in [0.15, 0.2) is 85.2 Å². The Bertz CT molecular complexity index is 2120. The Morgan fingerprint density at radius 1 is 0.460 bits per heavy atom. The fourth-order valence-corrected chi connectivity index (χ4v) is 5.56. The maximum atomic E-state index is 14.9. The van der Waals surface area contributed by atoms with Gasteiger partial charge < -0.3 is 0 Å². The standard InChI is InChI=1S/C33H14F12N4O/c34-30(35,36)17-9-5-7-15-21(23(19-11-1-3-13-46-19)28(32(40,41)42)48-25(15)17)27(50)22-16-8-6-10-18(31(37,38)39)26(16)49-29(33(43,44)45)24(22)20-12-2-4-14-47-20/h1-14H. The molecule has 0 N–H and O–H groups in total. The third-order valence-corrected chi connectivity index (χ3v) is 7.48. The van der Waals surface area contributed by atoms with Gasteiger partial charge in [-0.2, -0.15) is 52.7 Å². The second-order valence-electron chi connectivity index (χ2n) is 10.6. The molecule has 4 aromatic heterocycles. The number of alkyl halides is 12. The highest BCUT2D eigenvalue weighted by Gasteiger charge is 2.45. The van der Waals surface area contributed by atoms with Gasteiger partial charge in [0.15, 0.2) is 17.2 Å². The molecule has 0 aliphatic carbocycles. The highest BCUT2D eigenvalue weighted by molar-refractivity contribution is 6.27. The Hall–Kier alpha value is -5.61. The lowest BCUT2D eigenvalue weighted by atomic mass is 9.85. The first kappa shape index (κ1) is 34.3. The largest absolute Gasteiger partial charge is 0.434 e. The summed E-state index contributed by atoms with van der Waals surface area (Å²) in [5, 5.41) is -1.81. The molecule has 17 heteroatoms. The molecule has 256 valence electrons. The second kappa shape index (κ2) is 11.8. The average Bonchev–Trinajstić information content (AvgIpc) is 3.04. The maximum Gasteiger partial charge on any atom is 0.434 e. The van der Waals surface area contributed by atoms with Gasteiger partial charge in [-0.15, -0.1) is 0 Å². The van der Waals surface area contributed by atoms with Crippen molar-refractivity contribution in [2.45, 2.75) is 24.7 Å². The number of nitrogens with zero attached hydrogens (tertiary/aromatic N) is 4. The fourth-order valence-electron chi connectivity index (χ4n) is 5.56. The Labute approximate surface area is 271 Å². The molecule has 0 saturated carbocycles. The van der Waals surface area contributed by atoms with Crippen molar-refractivity contribution in [1.82, 2.24) is 19.9 Å². The highest BCUT2D eigenvalue weighted by atomic mass is 19.4. The van der Waals surface area contributed by atoms with E-state index >= 15 is 0 Å². The lowest BCUT2D eigenvalue weighted by Gasteiger charge is -2.23. The van der Waals surface area contributed by atoms with Crippen molar-refractivity contribution in [2.75, 3.05) is 0 Å². The van der Waals surface area contributed by atoms with Gasteiger partial charge >= 0.3 is 24.7 Å². The molecule has 0 aliphatic rings. The molecule has 0 spiro atoms. The zero-order valence-corrected chi connectivity index (χ0v) is 24.3. The van der Waals surface area contributed by atoms with Gasteiger partial charge in [0.1, 0.15) is 0 Å². The third kappa shape index (κ3) is 5.96. The number of hydrogen-bond donors (Lipinski definition) is 0. The lowest BCUT2D eigenvalue weighted by molar-refractivity contribution is -0.141. The van der Waals surface area contributed by atoms with E-state index in [-0.39, 0.29) is 0 Å². The quantitative estimate of drug-likeness (QED) is 0.135. The van der Waals surface area contributed by atoms with Crippen LogP contribution in [-0.4, -0.2) is 25.7 Å². The molecule has 0 fully saturated rings. The summed E-state index contributed by atoms with van der Waals surface area (Å²) in [6.07, 6.45) is -20.0. The summed E-state index contributed by atoms with van der Waals surface area (Å²) in [5.41, 5.74) is -16.7. The minimum atomic E-state index is -5.60. The van der Waals surface area contributed by atoms with Crippen LogP contribution >= 0.6 is 0 Å². The van der Waals surface area contributed by atoms with Crippen LogP contribution in [0.1, 0.15) is 38.4 Å². The van der Waals surface area contributed by atoms with Crippen LogP contribution in [0.3, 0.4) is 0 Å². The van der Waals surface area contributed by atoms with Crippen molar-refractivity contribution in [3.8, 4) is 22.5 Å². The van der Waals surface area contributed by atoms with Gasteiger partial charge in [-0.05, 0) is 36.4 Å². The number of aromatic nitrogens is 4. The minimum Gasteiger partial charge on any atom is -0.289 e. The fraction of sp³-hybridized carbons (Fsp3) is 0.121. The molecular formula is C33H14F12N4O. The lowest BCUT2D eigenvalue weighted by Crippen LogP contribution is -2.20. The summed E-state index contributed by atoms with van der Waals surface area (Å²) in [7, 11) is 0. The maximum absolute atomic E-state index is 14.9. The molecule has 0 saturated heterocycles. The van der Waals surface area contributed by atoms with E-state index in [1.165, 1.54) is 12.1 Å². The number of ketones is 1. The Balaban J connectivity index is 1.91. The Kier molecular flexibility index (Phi) is 8.06. The number of fused-ring (bicyclic) bond motifs is 2. The first-order chi connectivity index (χ1) is 23.3. The van der Waals surface area contributed by atoms with Gasteiger partial charge in [-0.25, -0.2) is 9.97 Å². The first-order valence-electron chi connectivity index (χ1n) is 13.9. The molecule has 6 rings (SSSR count). The molecule has 0 atom stereocenters.